The molecule has 2 saturated carbocycles. The molecule has 0 bridgehead atoms. The van der Waals surface area contributed by atoms with Gasteiger partial charge in [0.25, 0.3) is 5.91 Å². The molecule has 0 aromatic heterocycles. The number of benzene rings is 1. The van der Waals surface area contributed by atoms with E-state index in [1.165, 1.54) is 0 Å². The number of rotatable bonds is 6. The highest BCUT2D eigenvalue weighted by Crippen LogP contribution is 2.42. The molecule has 6 nitrogen and oxygen atoms in total. The number of carbonyl (C=O) groups excluding carboxylic acids is 2. The summed E-state index contributed by atoms with van der Waals surface area (Å²) in [5.41, 5.74) is 0.286. The van der Waals surface area contributed by atoms with Crippen molar-refractivity contribution in [2.75, 3.05) is 18.1 Å². The molecule has 1 aromatic rings. The van der Waals surface area contributed by atoms with Gasteiger partial charge in [-0.25, -0.2) is 8.42 Å². The largest absolute Gasteiger partial charge is 0.455 e. The maximum absolute atomic E-state index is 13.0. The van der Waals surface area contributed by atoms with E-state index in [0.29, 0.717) is 6.42 Å². The van der Waals surface area contributed by atoms with Crippen molar-refractivity contribution in [2.45, 2.75) is 62.4 Å². The normalized spacial score (nSPS) is 25.4. The number of hydrogen-bond acceptors (Lipinski definition) is 5. The molecule has 3 aliphatic rings. The minimum absolute atomic E-state index is 0.0249. The first-order valence-electron chi connectivity index (χ1n) is 10.2. The van der Waals surface area contributed by atoms with E-state index < -0.39 is 15.3 Å². The van der Waals surface area contributed by atoms with Gasteiger partial charge in [0.15, 0.2) is 16.4 Å². The van der Waals surface area contributed by atoms with Gasteiger partial charge in [0.2, 0.25) is 0 Å². The third kappa shape index (κ3) is 3.81. The topological polar surface area (TPSA) is 80.8 Å². The number of carbonyl (C=O) groups is 2. The lowest BCUT2D eigenvalue weighted by atomic mass is 9.79. The van der Waals surface area contributed by atoms with E-state index in [1.807, 2.05) is 30.3 Å². The minimum atomic E-state index is -3.07. The molecule has 2 aliphatic carbocycles. The highest BCUT2D eigenvalue weighted by Gasteiger charge is 2.46. The van der Waals surface area contributed by atoms with Crippen LogP contribution >= 0.6 is 0 Å². The maximum atomic E-state index is 13.0. The second-order valence-electron chi connectivity index (χ2n) is 8.32. The zero-order valence-corrected chi connectivity index (χ0v) is 16.8. The van der Waals surface area contributed by atoms with Gasteiger partial charge in [0, 0.05) is 12.1 Å². The molecule has 7 heteroatoms. The molecule has 1 atom stereocenters. The molecule has 0 radical (unpaired) electrons. The number of ether oxygens (including phenoxy) is 1. The molecule has 4 rings (SSSR count). The van der Waals surface area contributed by atoms with Crippen LogP contribution in [0.5, 0.6) is 0 Å². The van der Waals surface area contributed by atoms with Gasteiger partial charge in [0.05, 0.1) is 16.9 Å². The summed E-state index contributed by atoms with van der Waals surface area (Å²) < 4.78 is 29.2. The number of sulfone groups is 1. The SMILES string of the molecule is O=C(COC(=O)C1(c2ccccc2)CCCC1)N(C1CC1)C1CCS(=O)(=O)C1. The Hall–Kier alpha value is -1.89. The number of amides is 1. The first kappa shape index (κ1) is 19.4. The molecule has 1 amide bonds. The Kier molecular flexibility index (Phi) is 5.21. The zero-order chi connectivity index (χ0) is 19.8. The highest BCUT2D eigenvalue weighted by atomic mass is 32.2. The van der Waals surface area contributed by atoms with Crippen molar-refractivity contribution in [2.24, 2.45) is 0 Å². The van der Waals surface area contributed by atoms with Crippen LogP contribution in [-0.2, 0) is 29.6 Å². The lowest BCUT2D eigenvalue weighted by Crippen LogP contribution is -2.45. The summed E-state index contributed by atoms with van der Waals surface area (Å²) in [5, 5.41) is 0. The van der Waals surface area contributed by atoms with Gasteiger partial charge >= 0.3 is 5.97 Å². The van der Waals surface area contributed by atoms with Gasteiger partial charge in [-0.05, 0) is 37.7 Å². The van der Waals surface area contributed by atoms with E-state index in [4.69, 9.17) is 4.74 Å². The maximum Gasteiger partial charge on any atom is 0.317 e. The molecule has 1 aromatic carbocycles. The summed E-state index contributed by atoms with van der Waals surface area (Å²) in [6.07, 6.45) is 5.66. The van der Waals surface area contributed by atoms with E-state index in [1.54, 1.807) is 4.90 Å². The fraction of sp³-hybridized carbons (Fsp3) is 0.619. The summed E-state index contributed by atoms with van der Waals surface area (Å²) in [7, 11) is -3.07. The van der Waals surface area contributed by atoms with Crippen LogP contribution in [0.1, 0.15) is 50.5 Å². The van der Waals surface area contributed by atoms with Crippen molar-refractivity contribution in [3.63, 3.8) is 0 Å². The van der Waals surface area contributed by atoms with E-state index in [0.717, 1.165) is 44.1 Å². The predicted molar refractivity (Wildman–Crippen MR) is 104 cm³/mol. The molecule has 1 saturated heterocycles. The predicted octanol–water partition coefficient (Wildman–Crippen LogP) is 2.22. The molecule has 1 unspecified atom stereocenters. The number of nitrogens with zero attached hydrogens (tertiary/aromatic N) is 1. The fourth-order valence-electron chi connectivity index (χ4n) is 4.74. The van der Waals surface area contributed by atoms with Gasteiger partial charge in [-0.1, -0.05) is 43.2 Å². The average molecular weight is 406 g/mol. The van der Waals surface area contributed by atoms with Crippen LogP contribution in [0.4, 0.5) is 0 Å². The fourth-order valence-corrected chi connectivity index (χ4v) is 6.45. The van der Waals surface area contributed by atoms with Crippen LogP contribution in [0.2, 0.25) is 0 Å². The van der Waals surface area contributed by atoms with E-state index in [2.05, 4.69) is 0 Å². The van der Waals surface area contributed by atoms with Crippen LogP contribution in [0.25, 0.3) is 0 Å². The molecule has 1 heterocycles. The standard InChI is InChI=1S/C21H27NO5S/c23-19(22(17-8-9-17)18-10-13-28(25,26)15-18)14-27-20(24)21(11-4-5-12-21)16-6-2-1-3-7-16/h1-3,6-7,17-18H,4-5,8-15H2. The van der Waals surface area contributed by atoms with Crippen molar-refractivity contribution in [1.82, 2.24) is 4.90 Å². The summed E-state index contributed by atoms with van der Waals surface area (Å²) >= 11 is 0. The zero-order valence-electron chi connectivity index (χ0n) is 16.0. The van der Waals surface area contributed by atoms with Crippen molar-refractivity contribution in [3.05, 3.63) is 35.9 Å². The molecular formula is C21H27NO5S. The summed E-state index contributed by atoms with van der Waals surface area (Å²) in [5.74, 6) is -0.444. The lowest BCUT2D eigenvalue weighted by molar-refractivity contribution is -0.158. The summed E-state index contributed by atoms with van der Waals surface area (Å²) in [6, 6.07) is 9.48. The van der Waals surface area contributed by atoms with E-state index >= 15 is 0 Å². The third-order valence-electron chi connectivity index (χ3n) is 6.33. The Balaban J connectivity index is 1.44. The van der Waals surface area contributed by atoms with E-state index in [9.17, 15) is 18.0 Å². The van der Waals surface area contributed by atoms with Crippen molar-refractivity contribution >= 4 is 21.7 Å². The number of esters is 1. The Morgan fingerprint density at radius 1 is 1.04 bits per heavy atom. The molecule has 0 spiro atoms. The van der Waals surface area contributed by atoms with Gasteiger partial charge in [-0.3, -0.25) is 9.59 Å². The van der Waals surface area contributed by atoms with Crippen LogP contribution in [-0.4, -0.2) is 55.4 Å². The molecule has 152 valence electrons. The Bertz CT molecular complexity index is 841. The molecule has 3 fully saturated rings. The Morgan fingerprint density at radius 3 is 2.29 bits per heavy atom. The highest BCUT2D eigenvalue weighted by molar-refractivity contribution is 7.91. The molecular weight excluding hydrogens is 378 g/mol. The van der Waals surface area contributed by atoms with E-state index in [-0.39, 0.29) is 42.1 Å². The minimum Gasteiger partial charge on any atom is -0.455 e. The lowest BCUT2D eigenvalue weighted by Gasteiger charge is -2.30. The monoisotopic (exact) mass is 405 g/mol. The summed E-state index contributed by atoms with van der Waals surface area (Å²) in [6.45, 7) is -0.305. The quantitative estimate of drug-likeness (QED) is 0.678. The molecule has 1 aliphatic heterocycles. The smallest absolute Gasteiger partial charge is 0.317 e. The number of hydrogen-bond donors (Lipinski definition) is 0. The Morgan fingerprint density at radius 2 is 1.71 bits per heavy atom. The van der Waals surface area contributed by atoms with Gasteiger partial charge < -0.3 is 9.64 Å². The second-order valence-corrected chi connectivity index (χ2v) is 10.5. The second kappa shape index (κ2) is 7.50. The van der Waals surface area contributed by atoms with Gasteiger partial charge in [0.1, 0.15) is 0 Å². The molecule has 0 N–H and O–H groups in total. The van der Waals surface area contributed by atoms with Crippen LogP contribution < -0.4 is 0 Å². The van der Waals surface area contributed by atoms with Gasteiger partial charge in [-0.15, -0.1) is 0 Å². The average Bonchev–Trinajstić information content (AvgIpc) is 3.25. The third-order valence-corrected chi connectivity index (χ3v) is 8.08. The molecule has 28 heavy (non-hydrogen) atoms. The van der Waals surface area contributed by atoms with Crippen molar-refractivity contribution < 1.29 is 22.7 Å². The van der Waals surface area contributed by atoms with Crippen molar-refractivity contribution in [1.29, 1.82) is 0 Å². The van der Waals surface area contributed by atoms with Crippen LogP contribution in [0.3, 0.4) is 0 Å². The van der Waals surface area contributed by atoms with Gasteiger partial charge in [-0.2, -0.15) is 0 Å². The summed E-state index contributed by atoms with van der Waals surface area (Å²) in [4.78, 5) is 27.5. The first-order chi connectivity index (χ1) is 13.4. The van der Waals surface area contributed by atoms with Crippen molar-refractivity contribution in [3.8, 4) is 0 Å². The van der Waals surface area contributed by atoms with Crippen LogP contribution in [0.15, 0.2) is 30.3 Å². The first-order valence-corrected chi connectivity index (χ1v) is 12.0. The Labute approximate surface area is 166 Å². The van der Waals surface area contributed by atoms with Crippen LogP contribution in [0, 0.1) is 0 Å².